The van der Waals surface area contributed by atoms with Crippen molar-refractivity contribution in [2.24, 2.45) is 5.73 Å². The highest BCUT2D eigenvalue weighted by molar-refractivity contribution is 9.10. The zero-order valence-corrected chi connectivity index (χ0v) is 12.5. The van der Waals surface area contributed by atoms with Gasteiger partial charge >= 0.3 is 0 Å². The number of rotatable bonds is 2. The van der Waals surface area contributed by atoms with Crippen LogP contribution in [0, 0.1) is 0 Å². The average molecular weight is 318 g/mol. The lowest BCUT2D eigenvalue weighted by molar-refractivity contribution is 0.388. The molecule has 2 N–H and O–H groups in total. The summed E-state index contributed by atoms with van der Waals surface area (Å²) < 4.78 is 11.8. The van der Waals surface area contributed by atoms with Crippen molar-refractivity contribution in [2.45, 2.75) is 24.0 Å². The third-order valence-electron chi connectivity index (χ3n) is 3.10. The van der Waals surface area contributed by atoms with Gasteiger partial charge in [-0.25, -0.2) is 0 Å². The Bertz CT molecular complexity index is 439. The van der Waals surface area contributed by atoms with Gasteiger partial charge < -0.3 is 15.2 Å². The number of nitrogens with two attached hydrogens (primary N) is 1. The molecule has 0 radical (unpaired) electrons. The fraction of sp³-hybridized carbons (Fsp3) is 0.500. The maximum Gasteiger partial charge on any atom is 0.138 e. The SMILES string of the molecule is COc1cc(Br)c(OC)c2c1CSC(C)C2N. The van der Waals surface area contributed by atoms with Crippen molar-refractivity contribution < 1.29 is 9.47 Å². The molecular weight excluding hydrogens is 302 g/mol. The van der Waals surface area contributed by atoms with E-state index >= 15 is 0 Å². The number of benzene rings is 1. The second-order valence-electron chi connectivity index (χ2n) is 4.03. The van der Waals surface area contributed by atoms with Gasteiger partial charge in [0.2, 0.25) is 0 Å². The van der Waals surface area contributed by atoms with Crippen molar-refractivity contribution in [3.8, 4) is 11.5 Å². The molecular formula is C12H16BrNO2S. The number of ether oxygens (including phenoxy) is 2. The molecule has 1 heterocycles. The van der Waals surface area contributed by atoms with Crippen molar-refractivity contribution in [1.29, 1.82) is 0 Å². The summed E-state index contributed by atoms with van der Waals surface area (Å²) in [7, 11) is 3.36. The summed E-state index contributed by atoms with van der Waals surface area (Å²) in [6, 6.07) is 1.92. The summed E-state index contributed by atoms with van der Waals surface area (Å²) in [6.07, 6.45) is 0. The topological polar surface area (TPSA) is 44.5 Å². The molecule has 0 aromatic heterocycles. The second-order valence-corrected chi connectivity index (χ2v) is 6.25. The van der Waals surface area contributed by atoms with E-state index in [1.165, 1.54) is 0 Å². The van der Waals surface area contributed by atoms with E-state index in [0.29, 0.717) is 5.25 Å². The zero-order chi connectivity index (χ0) is 12.6. The van der Waals surface area contributed by atoms with Crippen LogP contribution in [0.25, 0.3) is 0 Å². The summed E-state index contributed by atoms with van der Waals surface area (Å²) in [6.45, 7) is 2.14. The van der Waals surface area contributed by atoms with Gasteiger partial charge in [0.1, 0.15) is 11.5 Å². The molecule has 1 aromatic rings. The third-order valence-corrected chi connectivity index (χ3v) is 4.96. The van der Waals surface area contributed by atoms with E-state index in [-0.39, 0.29) is 6.04 Å². The minimum atomic E-state index is -0.0231. The van der Waals surface area contributed by atoms with Gasteiger partial charge in [-0.15, -0.1) is 0 Å². The Labute approximate surface area is 114 Å². The van der Waals surface area contributed by atoms with Crippen LogP contribution in [0.5, 0.6) is 11.5 Å². The van der Waals surface area contributed by atoms with Crippen molar-refractivity contribution in [2.75, 3.05) is 14.2 Å². The smallest absolute Gasteiger partial charge is 0.138 e. The third kappa shape index (κ3) is 2.16. The Balaban J connectivity index is 2.66. The Morgan fingerprint density at radius 1 is 1.41 bits per heavy atom. The lowest BCUT2D eigenvalue weighted by Crippen LogP contribution is -2.27. The first-order valence-corrected chi connectivity index (χ1v) is 7.24. The molecule has 0 fully saturated rings. The molecule has 1 aliphatic heterocycles. The van der Waals surface area contributed by atoms with E-state index in [4.69, 9.17) is 15.2 Å². The standard InChI is InChI=1S/C12H16BrNO2S/c1-6-11(14)10-7(5-17-6)9(15-2)4-8(13)12(10)16-3/h4,6,11H,5,14H2,1-3H3. The molecule has 1 aliphatic rings. The number of fused-ring (bicyclic) bond motifs is 1. The molecule has 0 spiro atoms. The monoisotopic (exact) mass is 317 g/mol. The van der Waals surface area contributed by atoms with Crippen LogP contribution in [-0.2, 0) is 5.75 Å². The highest BCUT2D eigenvalue weighted by atomic mass is 79.9. The van der Waals surface area contributed by atoms with Crippen LogP contribution in [0.2, 0.25) is 0 Å². The molecule has 0 saturated heterocycles. The van der Waals surface area contributed by atoms with Crippen LogP contribution < -0.4 is 15.2 Å². The molecule has 2 atom stereocenters. The van der Waals surface area contributed by atoms with Crippen molar-refractivity contribution in [3.63, 3.8) is 0 Å². The van der Waals surface area contributed by atoms with Crippen LogP contribution >= 0.6 is 27.7 Å². The van der Waals surface area contributed by atoms with Gasteiger partial charge in [-0.2, -0.15) is 11.8 Å². The van der Waals surface area contributed by atoms with Crippen molar-refractivity contribution in [1.82, 2.24) is 0 Å². The van der Waals surface area contributed by atoms with Gasteiger partial charge in [0.25, 0.3) is 0 Å². The molecule has 5 heteroatoms. The molecule has 17 heavy (non-hydrogen) atoms. The normalized spacial score (nSPS) is 23.1. The van der Waals surface area contributed by atoms with Crippen LogP contribution in [0.4, 0.5) is 0 Å². The highest BCUT2D eigenvalue weighted by Gasteiger charge is 2.31. The average Bonchev–Trinajstić information content (AvgIpc) is 2.33. The largest absolute Gasteiger partial charge is 0.496 e. The van der Waals surface area contributed by atoms with Gasteiger partial charge in [0, 0.05) is 28.2 Å². The fourth-order valence-corrected chi connectivity index (χ4v) is 3.76. The minimum absolute atomic E-state index is 0.0231. The zero-order valence-electron chi connectivity index (χ0n) is 10.1. The molecule has 94 valence electrons. The quantitative estimate of drug-likeness (QED) is 0.910. The van der Waals surface area contributed by atoms with Crippen LogP contribution in [0.15, 0.2) is 10.5 Å². The summed E-state index contributed by atoms with van der Waals surface area (Å²) in [4.78, 5) is 0. The van der Waals surface area contributed by atoms with Crippen LogP contribution in [-0.4, -0.2) is 19.5 Å². The van der Waals surface area contributed by atoms with Gasteiger partial charge in [-0.3, -0.25) is 0 Å². The van der Waals surface area contributed by atoms with Crippen LogP contribution in [0.1, 0.15) is 24.1 Å². The predicted molar refractivity (Wildman–Crippen MR) is 74.9 cm³/mol. The predicted octanol–water partition coefficient (Wildman–Crippen LogP) is 3.10. The number of hydrogen-bond donors (Lipinski definition) is 1. The van der Waals surface area contributed by atoms with Crippen LogP contribution in [0.3, 0.4) is 0 Å². The number of halogens is 1. The molecule has 0 saturated carbocycles. The van der Waals surface area contributed by atoms with Crippen molar-refractivity contribution >= 4 is 27.7 Å². The highest BCUT2D eigenvalue weighted by Crippen LogP contribution is 2.47. The first-order valence-electron chi connectivity index (χ1n) is 5.40. The van der Waals surface area contributed by atoms with Gasteiger partial charge in [-0.1, -0.05) is 6.92 Å². The fourth-order valence-electron chi connectivity index (χ4n) is 2.11. The second kappa shape index (κ2) is 5.08. The van der Waals surface area contributed by atoms with E-state index < -0.39 is 0 Å². The van der Waals surface area contributed by atoms with Gasteiger partial charge in [0.15, 0.2) is 0 Å². The van der Waals surface area contributed by atoms with Gasteiger partial charge in [-0.05, 0) is 22.0 Å². The summed E-state index contributed by atoms with van der Waals surface area (Å²) >= 11 is 5.35. The maximum absolute atomic E-state index is 6.28. The first-order chi connectivity index (χ1) is 8.10. The minimum Gasteiger partial charge on any atom is -0.496 e. The van der Waals surface area contributed by atoms with E-state index in [1.807, 2.05) is 17.8 Å². The molecule has 2 unspecified atom stereocenters. The number of methoxy groups -OCH3 is 2. The summed E-state index contributed by atoms with van der Waals surface area (Å²) in [5, 5.41) is 0.385. The maximum atomic E-state index is 6.28. The first kappa shape index (κ1) is 13.1. The van der Waals surface area contributed by atoms with Gasteiger partial charge in [0.05, 0.1) is 18.7 Å². The van der Waals surface area contributed by atoms with E-state index in [2.05, 4.69) is 22.9 Å². The lowest BCUT2D eigenvalue weighted by atomic mass is 9.97. The molecule has 0 amide bonds. The summed E-state index contributed by atoms with van der Waals surface area (Å²) in [5.41, 5.74) is 8.51. The molecule has 0 aliphatic carbocycles. The molecule has 3 nitrogen and oxygen atoms in total. The van der Waals surface area contributed by atoms with E-state index in [9.17, 15) is 0 Å². The number of hydrogen-bond acceptors (Lipinski definition) is 4. The Morgan fingerprint density at radius 3 is 2.71 bits per heavy atom. The van der Waals surface area contributed by atoms with E-state index in [0.717, 1.165) is 32.9 Å². The molecule has 2 rings (SSSR count). The van der Waals surface area contributed by atoms with Crippen molar-refractivity contribution in [3.05, 3.63) is 21.7 Å². The Hall–Kier alpha value is -0.390. The number of thioether (sulfide) groups is 1. The lowest BCUT2D eigenvalue weighted by Gasteiger charge is -2.31. The molecule has 0 bridgehead atoms. The summed E-state index contributed by atoms with van der Waals surface area (Å²) in [5.74, 6) is 2.62. The molecule has 1 aromatic carbocycles. The van der Waals surface area contributed by atoms with E-state index in [1.54, 1.807) is 14.2 Å². The Morgan fingerprint density at radius 2 is 2.12 bits per heavy atom. The Kier molecular flexibility index (Phi) is 3.90.